The summed E-state index contributed by atoms with van der Waals surface area (Å²) in [4.78, 5) is 10.4. The fourth-order valence-electron chi connectivity index (χ4n) is 0.824. The Morgan fingerprint density at radius 3 is 2.15 bits per heavy atom. The van der Waals surface area contributed by atoms with Crippen molar-refractivity contribution in [2.75, 3.05) is 0 Å². The van der Waals surface area contributed by atoms with Gasteiger partial charge in [0.25, 0.3) is 0 Å². The number of aromatic hydroxyl groups is 1. The zero-order valence-electron chi connectivity index (χ0n) is 7.27. The van der Waals surface area contributed by atoms with Crippen LogP contribution in [0.1, 0.15) is 11.6 Å². The van der Waals surface area contributed by atoms with E-state index in [0.717, 1.165) is 0 Å². The number of hydrogen-bond donors (Lipinski definition) is 3. The molecule has 1 aromatic carbocycles. The molecule has 0 spiro atoms. The molecule has 1 unspecified atom stereocenters. The van der Waals surface area contributed by atoms with E-state index in [1.165, 1.54) is 24.3 Å². The summed E-state index contributed by atoms with van der Waals surface area (Å²) in [6.45, 7) is 0. The number of phenolic OH excluding ortho intramolecular Hbond substituents is 1. The number of phenols is 1. The second-order valence-corrected chi connectivity index (χ2v) is 2.41. The van der Waals surface area contributed by atoms with Crippen LogP contribution in [0, 0.1) is 0 Å². The SMILES string of the molecule is NC(C(=O)O)c1ccc(O)cc1.[Na]. The van der Waals surface area contributed by atoms with E-state index in [4.69, 9.17) is 15.9 Å². The van der Waals surface area contributed by atoms with E-state index < -0.39 is 12.0 Å². The van der Waals surface area contributed by atoms with E-state index in [0.29, 0.717) is 5.56 Å². The van der Waals surface area contributed by atoms with Crippen molar-refractivity contribution >= 4 is 35.5 Å². The Hall–Kier alpha value is -0.550. The minimum absolute atomic E-state index is 0. The molecule has 5 heteroatoms. The maximum Gasteiger partial charge on any atom is 0.325 e. The standard InChI is InChI=1S/C8H9NO3.Na/c9-7(8(11)12)5-1-3-6(10)4-2-5;/h1-4,7,10H,9H2,(H,11,12);. The number of rotatable bonds is 2. The summed E-state index contributed by atoms with van der Waals surface area (Å²) in [5, 5.41) is 17.4. The van der Waals surface area contributed by atoms with Crippen molar-refractivity contribution in [2.45, 2.75) is 6.04 Å². The van der Waals surface area contributed by atoms with E-state index in [-0.39, 0.29) is 35.3 Å². The quantitative estimate of drug-likeness (QED) is 0.577. The predicted octanol–water partition coefficient (Wildman–Crippen LogP) is 0.0958. The van der Waals surface area contributed by atoms with Gasteiger partial charge in [-0.15, -0.1) is 0 Å². The molecule has 1 atom stereocenters. The molecule has 0 amide bonds. The van der Waals surface area contributed by atoms with E-state index in [2.05, 4.69) is 0 Å². The summed E-state index contributed by atoms with van der Waals surface area (Å²) in [5.41, 5.74) is 5.78. The van der Waals surface area contributed by atoms with Gasteiger partial charge in [-0.25, -0.2) is 0 Å². The van der Waals surface area contributed by atoms with Gasteiger partial charge in [0, 0.05) is 29.6 Å². The van der Waals surface area contributed by atoms with Gasteiger partial charge in [0.1, 0.15) is 11.8 Å². The second-order valence-electron chi connectivity index (χ2n) is 2.41. The van der Waals surface area contributed by atoms with Gasteiger partial charge in [-0.1, -0.05) is 12.1 Å². The summed E-state index contributed by atoms with van der Waals surface area (Å²) >= 11 is 0. The molecule has 0 saturated carbocycles. The molecule has 0 aromatic heterocycles. The second kappa shape index (κ2) is 5.24. The van der Waals surface area contributed by atoms with Crippen LogP contribution in [0.5, 0.6) is 5.75 Å². The zero-order valence-corrected chi connectivity index (χ0v) is 9.27. The number of benzene rings is 1. The van der Waals surface area contributed by atoms with Gasteiger partial charge in [0.05, 0.1) is 0 Å². The Morgan fingerprint density at radius 1 is 1.31 bits per heavy atom. The first-order chi connectivity index (χ1) is 5.61. The van der Waals surface area contributed by atoms with E-state index in [1.807, 2.05) is 0 Å². The summed E-state index contributed by atoms with van der Waals surface area (Å²) in [5.74, 6) is -0.989. The summed E-state index contributed by atoms with van der Waals surface area (Å²) in [7, 11) is 0. The Balaban J connectivity index is 0.00000144. The summed E-state index contributed by atoms with van der Waals surface area (Å²) in [6, 6.07) is 4.74. The van der Waals surface area contributed by atoms with Crippen molar-refractivity contribution in [3.8, 4) is 5.75 Å². The summed E-state index contributed by atoms with van der Waals surface area (Å²) < 4.78 is 0. The summed E-state index contributed by atoms with van der Waals surface area (Å²) in [6.07, 6.45) is 0. The van der Waals surface area contributed by atoms with Crippen LogP contribution in [0.15, 0.2) is 24.3 Å². The maximum atomic E-state index is 10.4. The smallest absolute Gasteiger partial charge is 0.325 e. The minimum atomic E-state index is -1.08. The van der Waals surface area contributed by atoms with Crippen LogP contribution < -0.4 is 5.73 Å². The molecule has 1 radical (unpaired) electrons. The normalized spacial score (nSPS) is 11.5. The average molecular weight is 190 g/mol. The molecular weight excluding hydrogens is 181 g/mol. The fraction of sp³-hybridized carbons (Fsp3) is 0.125. The molecule has 1 aromatic rings. The molecular formula is C8H9NNaO3. The van der Waals surface area contributed by atoms with Crippen molar-refractivity contribution in [1.29, 1.82) is 0 Å². The third-order valence-electron chi connectivity index (χ3n) is 1.52. The van der Waals surface area contributed by atoms with Crippen LogP contribution in [0.25, 0.3) is 0 Å². The van der Waals surface area contributed by atoms with Gasteiger partial charge in [-0.05, 0) is 17.7 Å². The number of hydrogen-bond acceptors (Lipinski definition) is 3. The van der Waals surface area contributed by atoms with E-state index in [9.17, 15) is 4.79 Å². The topological polar surface area (TPSA) is 83.6 Å². The number of carboxylic acids is 1. The van der Waals surface area contributed by atoms with Crippen LogP contribution in [-0.4, -0.2) is 45.7 Å². The Kier molecular flexibility index (Phi) is 5.02. The zero-order chi connectivity index (χ0) is 9.14. The minimum Gasteiger partial charge on any atom is -0.508 e. The molecule has 0 aliphatic carbocycles. The number of carboxylic acid groups (broad SMARTS) is 1. The Morgan fingerprint density at radius 2 is 1.77 bits per heavy atom. The van der Waals surface area contributed by atoms with Crippen molar-refractivity contribution < 1.29 is 15.0 Å². The maximum absolute atomic E-state index is 10.4. The largest absolute Gasteiger partial charge is 0.508 e. The van der Waals surface area contributed by atoms with Gasteiger partial charge in [0.15, 0.2) is 0 Å². The molecule has 4 N–H and O–H groups in total. The molecule has 13 heavy (non-hydrogen) atoms. The number of nitrogens with two attached hydrogens (primary N) is 1. The van der Waals surface area contributed by atoms with Crippen LogP contribution in [0.2, 0.25) is 0 Å². The first-order valence-electron chi connectivity index (χ1n) is 3.38. The van der Waals surface area contributed by atoms with Gasteiger partial charge < -0.3 is 15.9 Å². The van der Waals surface area contributed by atoms with Crippen LogP contribution >= 0.6 is 0 Å². The molecule has 0 bridgehead atoms. The predicted molar refractivity (Wildman–Crippen MR) is 48.4 cm³/mol. The van der Waals surface area contributed by atoms with Gasteiger partial charge in [0.2, 0.25) is 0 Å². The molecule has 0 aliphatic heterocycles. The molecule has 0 saturated heterocycles. The monoisotopic (exact) mass is 190 g/mol. The fourth-order valence-corrected chi connectivity index (χ4v) is 0.824. The number of aliphatic carboxylic acids is 1. The van der Waals surface area contributed by atoms with Gasteiger partial charge >= 0.3 is 5.97 Å². The van der Waals surface area contributed by atoms with Crippen LogP contribution in [0.4, 0.5) is 0 Å². The third-order valence-corrected chi connectivity index (χ3v) is 1.52. The van der Waals surface area contributed by atoms with Crippen molar-refractivity contribution in [3.63, 3.8) is 0 Å². The molecule has 1 rings (SSSR count). The molecule has 0 fully saturated rings. The average Bonchev–Trinajstić information content (AvgIpc) is 2.04. The van der Waals surface area contributed by atoms with Crippen molar-refractivity contribution in [3.05, 3.63) is 29.8 Å². The van der Waals surface area contributed by atoms with E-state index >= 15 is 0 Å². The molecule has 4 nitrogen and oxygen atoms in total. The van der Waals surface area contributed by atoms with Gasteiger partial charge in [-0.3, -0.25) is 4.79 Å². The van der Waals surface area contributed by atoms with Crippen molar-refractivity contribution in [1.82, 2.24) is 0 Å². The van der Waals surface area contributed by atoms with E-state index in [1.54, 1.807) is 0 Å². The van der Waals surface area contributed by atoms with Crippen molar-refractivity contribution in [2.24, 2.45) is 5.73 Å². The van der Waals surface area contributed by atoms with Crippen LogP contribution in [0.3, 0.4) is 0 Å². The molecule has 0 aliphatic rings. The van der Waals surface area contributed by atoms with Crippen LogP contribution in [-0.2, 0) is 4.79 Å². The first-order valence-corrected chi connectivity index (χ1v) is 3.38. The first kappa shape index (κ1) is 12.4. The number of carbonyl (C=O) groups is 1. The molecule has 65 valence electrons. The molecule has 0 heterocycles. The third kappa shape index (κ3) is 3.36. The van der Waals surface area contributed by atoms with Gasteiger partial charge in [-0.2, -0.15) is 0 Å². The Labute approximate surface area is 97.7 Å². The Bertz CT molecular complexity index is 286.